The highest BCUT2D eigenvalue weighted by atomic mass is 32.2. The fourth-order valence-electron chi connectivity index (χ4n) is 4.81. The molecule has 1 aromatic heterocycles. The molecule has 1 saturated heterocycles. The number of hydrogen-bond acceptors (Lipinski definition) is 5. The summed E-state index contributed by atoms with van der Waals surface area (Å²) in [5.41, 5.74) is 1.14. The average Bonchev–Trinajstić information content (AvgIpc) is 2.88. The number of carbonyl (C=O) groups is 1. The van der Waals surface area contributed by atoms with Gasteiger partial charge >= 0.3 is 0 Å². The predicted octanol–water partition coefficient (Wildman–Crippen LogP) is 5.77. The van der Waals surface area contributed by atoms with Crippen molar-refractivity contribution in [2.24, 2.45) is 11.8 Å². The minimum Gasteiger partial charge on any atom is -0.457 e. The summed E-state index contributed by atoms with van der Waals surface area (Å²) in [6, 6.07) is 24.2. The third-order valence-electron chi connectivity index (χ3n) is 6.37. The molecule has 2 atom stereocenters. The standard InChI is InChI=1S/C29H29N3O3S/c1-20-16-21(2)18-31(17-20)27(33)19-36-29-30-26-11-7-6-10-25(26)28(34)32(29)22-12-14-24(15-13-22)35-23-8-4-3-5-9-23/h3-15,20-21H,16-19H2,1-2H3. The molecule has 0 bridgehead atoms. The first-order valence-corrected chi connectivity index (χ1v) is 13.2. The first-order valence-electron chi connectivity index (χ1n) is 12.2. The molecule has 3 aromatic carbocycles. The van der Waals surface area contributed by atoms with Crippen LogP contribution in [0.1, 0.15) is 20.3 Å². The topological polar surface area (TPSA) is 64.4 Å². The Morgan fingerprint density at radius 3 is 2.28 bits per heavy atom. The van der Waals surface area contributed by atoms with Gasteiger partial charge in [-0.05, 0) is 66.8 Å². The van der Waals surface area contributed by atoms with Gasteiger partial charge in [0.05, 0.1) is 22.3 Å². The molecular formula is C29H29N3O3S. The second-order valence-corrected chi connectivity index (χ2v) is 10.4. The number of piperidine rings is 1. The summed E-state index contributed by atoms with van der Waals surface area (Å²) in [6.07, 6.45) is 1.15. The molecule has 1 amide bonds. The van der Waals surface area contributed by atoms with Crippen molar-refractivity contribution in [1.29, 1.82) is 0 Å². The lowest BCUT2D eigenvalue weighted by atomic mass is 9.92. The van der Waals surface area contributed by atoms with Crippen LogP contribution in [0.5, 0.6) is 11.5 Å². The maximum Gasteiger partial charge on any atom is 0.266 e. The van der Waals surface area contributed by atoms with Crippen LogP contribution in [0, 0.1) is 11.8 Å². The first kappa shape index (κ1) is 24.1. The van der Waals surface area contributed by atoms with Crippen LogP contribution in [-0.4, -0.2) is 39.2 Å². The number of carbonyl (C=O) groups excluding carboxylic acids is 1. The van der Waals surface area contributed by atoms with Crippen LogP contribution in [-0.2, 0) is 4.79 Å². The Hall–Kier alpha value is -3.58. The number of fused-ring (bicyclic) bond motifs is 1. The second kappa shape index (κ2) is 10.6. The van der Waals surface area contributed by atoms with Gasteiger partial charge in [0, 0.05) is 13.1 Å². The average molecular weight is 500 g/mol. The molecule has 0 radical (unpaired) electrons. The van der Waals surface area contributed by atoms with Gasteiger partial charge in [0.1, 0.15) is 11.5 Å². The van der Waals surface area contributed by atoms with Gasteiger partial charge in [-0.1, -0.05) is 55.9 Å². The summed E-state index contributed by atoms with van der Waals surface area (Å²) in [7, 11) is 0. The van der Waals surface area contributed by atoms with Crippen molar-refractivity contribution in [3.8, 4) is 17.2 Å². The molecule has 0 saturated carbocycles. The fourth-order valence-corrected chi connectivity index (χ4v) is 5.72. The molecule has 0 aliphatic carbocycles. The molecule has 5 rings (SSSR count). The van der Waals surface area contributed by atoms with E-state index >= 15 is 0 Å². The first-order chi connectivity index (χ1) is 17.5. The van der Waals surface area contributed by atoms with Gasteiger partial charge in [-0.25, -0.2) is 4.98 Å². The number of ether oxygens (including phenoxy) is 1. The van der Waals surface area contributed by atoms with Crippen LogP contribution in [0.2, 0.25) is 0 Å². The molecule has 0 spiro atoms. The van der Waals surface area contributed by atoms with E-state index in [-0.39, 0.29) is 17.2 Å². The Labute approximate surface area is 214 Å². The summed E-state index contributed by atoms with van der Waals surface area (Å²) in [4.78, 5) is 33.3. The van der Waals surface area contributed by atoms with Gasteiger partial charge in [0.15, 0.2) is 5.16 Å². The zero-order chi connectivity index (χ0) is 25.1. The highest BCUT2D eigenvalue weighted by molar-refractivity contribution is 7.99. The Bertz CT molecular complexity index is 1410. The lowest BCUT2D eigenvalue weighted by Gasteiger charge is -2.35. The minimum atomic E-state index is -0.160. The maximum atomic E-state index is 13.5. The van der Waals surface area contributed by atoms with E-state index in [1.807, 2.05) is 77.7 Å². The Balaban J connectivity index is 1.44. The van der Waals surface area contributed by atoms with Crippen LogP contribution in [0.15, 0.2) is 88.8 Å². The van der Waals surface area contributed by atoms with Crippen molar-refractivity contribution < 1.29 is 9.53 Å². The molecule has 2 heterocycles. The number of benzene rings is 3. The lowest BCUT2D eigenvalue weighted by molar-refractivity contribution is -0.130. The van der Waals surface area contributed by atoms with Gasteiger partial charge < -0.3 is 9.64 Å². The van der Waals surface area contributed by atoms with Crippen molar-refractivity contribution in [3.63, 3.8) is 0 Å². The highest BCUT2D eigenvalue weighted by Crippen LogP contribution is 2.27. The van der Waals surface area contributed by atoms with Gasteiger partial charge in [-0.15, -0.1) is 0 Å². The Morgan fingerprint density at radius 1 is 0.917 bits per heavy atom. The monoisotopic (exact) mass is 499 g/mol. The summed E-state index contributed by atoms with van der Waals surface area (Å²) in [5.74, 6) is 2.72. The Kier molecular flexibility index (Phi) is 7.09. The number of rotatable bonds is 6. The summed E-state index contributed by atoms with van der Waals surface area (Å²) < 4.78 is 7.50. The zero-order valence-electron chi connectivity index (χ0n) is 20.5. The molecule has 1 fully saturated rings. The SMILES string of the molecule is CC1CC(C)CN(C(=O)CSc2nc3ccccc3c(=O)n2-c2ccc(Oc3ccccc3)cc2)C1. The molecule has 4 aromatic rings. The van der Waals surface area contributed by atoms with Gasteiger partial charge in [0.25, 0.3) is 5.56 Å². The van der Waals surface area contributed by atoms with Crippen molar-refractivity contribution in [3.05, 3.63) is 89.2 Å². The number of amides is 1. The van der Waals surface area contributed by atoms with Crippen LogP contribution < -0.4 is 10.3 Å². The second-order valence-electron chi connectivity index (χ2n) is 9.49. The van der Waals surface area contributed by atoms with Crippen molar-refractivity contribution in [1.82, 2.24) is 14.5 Å². The number of nitrogens with zero attached hydrogens (tertiary/aromatic N) is 3. The van der Waals surface area contributed by atoms with Gasteiger partial charge in [0.2, 0.25) is 5.91 Å². The van der Waals surface area contributed by atoms with E-state index in [0.29, 0.717) is 39.3 Å². The third-order valence-corrected chi connectivity index (χ3v) is 7.29. The van der Waals surface area contributed by atoms with Gasteiger partial charge in [-0.2, -0.15) is 0 Å². The molecule has 1 aliphatic rings. The lowest BCUT2D eigenvalue weighted by Crippen LogP contribution is -2.43. The van der Waals surface area contributed by atoms with Gasteiger partial charge in [-0.3, -0.25) is 14.2 Å². The molecule has 184 valence electrons. The van der Waals surface area contributed by atoms with E-state index in [9.17, 15) is 9.59 Å². The molecule has 0 N–H and O–H groups in total. The minimum absolute atomic E-state index is 0.0824. The largest absolute Gasteiger partial charge is 0.457 e. The molecule has 6 nitrogen and oxygen atoms in total. The normalized spacial score (nSPS) is 17.8. The summed E-state index contributed by atoms with van der Waals surface area (Å²) in [6.45, 7) is 5.95. The molecule has 7 heteroatoms. The van der Waals surface area contributed by atoms with E-state index in [2.05, 4.69) is 13.8 Å². The van der Waals surface area contributed by atoms with E-state index in [0.717, 1.165) is 25.3 Å². The highest BCUT2D eigenvalue weighted by Gasteiger charge is 2.26. The van der Waals surface area contributed by atoms with E-state index < -0.39 is 0 Å². The van der Waals surface area contributed by atoms with Crippen molar-refractivity contribution in [2.45, 2.75) is 25.4 Å². The van der Waals surface area contributed by atoms with Crippen molar-refractivity contribution >= 4 is 28.6 Å². The molecular weight excluding hydrogens is 470 g/mol. The fraction of sp³-hybridized carbons (Fsp3) is 0.276. The van der Waals surface area contributed by atoms with Crippen LogP contribution in [0.3, 0.4) is 0 Å². The quantitative estimate of drug-likeness (QED) is 0.249. The summed E-state index contributed by atoms with van der Waals surface area (Å²) >= 11 is 1.31. The summed E-state index contributed by atoms with van der Waals surface area (Å²) in [5, 5.41) is 1.04. The molecule has 1 aliphatic heterocycles. The van der Waals surface area contributed by atoms with Crippen LogP contribution in [0.25, 0.3) is 16.6 Å². The number of hydrogen-bond donors (Lipinski definition) is 0. The maximum absolute atomic E-state index is 13.5. The van der Waals surface area contributed by atoms with E-state index in [1.165, 1.54) is 11.8 Å². The predicted molar refractivity (Wildman–Crippen MR) is 144 cm³/mol. The smallest absolute Gasteiger partial charge is 0.266 e. The van der Waals surface area contributed by atoms with E-state index in [1.54, 1.807) is 10.6 Å². The Morgan fingerprint density at radius 2 is 1.56 bits per heavy atom. The van der Waals surface area contributed by atoms with Crippen molar-refractivity contribution in [2.75, 3.05) is 18.8 Å². The van der Waals surface area contributed by atoms with E-state index in [4.69, 9.17) is 9.72 Å². The van der Waals surface area contributed by atoms with Crippen LogP contribution >= 0.6 is 11.8 Å². The molecule has 36 heavy (non-hydrogen) atoms. The third kappa shape index (κ3) is 5.31. The number of para-hydroxylation sites is 2. The number of thioether (sulfide) groups is 1. The molecule has 2 unspecified atom stereocenters. The number of likely N-dealkylation sites (tertiary alicyclic amines) is 1. The van der Waals surface area contributed by atoms with Crippen LogP contribution in [0.4, 0.5) is 0 Å². The number of aromatic nitrogens is 2. The zero-order valence-corrected chi connectivity index (χ0v) is 21.3.